The smallest absolute Gasteiger partial charge is 0.356 e. The lowest BCUT2D eigenvalue weighted by molar-refractivity contribution is 0.0689. The van der Waals surface area contributed by atoms with E-state index in [1.807, 2.05) is 6.92 Å². The second-order valence-electron chi connectivity index (χ2n) is 3.04. The lowest BCUT2D eigenvalue weighted by Crippen LogP contribution is -2.19. The number of hydrogen-bond acceptors (Lipinski definition) is 5. The number of methoxy groups -OCH3 is 1. The molecule has 0 spiro atoms. The number of carbonyl (C=O) groups is 1. The van der Waals surface area contributed by atoms with Crippen molar-refractivity contribution in [2.45, 2.75) is 13.0 Å². The lowest BCUT2D eigenvalue weighted by Gasteiger charge is -2.10. The zero-order valence-electron chi connectivity index (χ0n) is 8.60. The van der Waals surface area contributed by atoms with E-state index in [-0.39, 0.29) is 11.8 Å². The third-order valence-electron chi connectivity index (χ3n) is 1.86. The number of anilines is 1. The van der Waals surface area contributed by atoms with Gasteiger partial charge in [-0.15, -0.1) is 10.2 Å². The molecule has 0 fully saturated rings. The Bertz CT molecular complexity index is 326. The van der Waals surface area contributed by atoms with Gasteiger partial charge in [-0.1, -0.05) is 0 Å². The van der Waals surface area contributed by atoms with Crippen LogP contribution in [-0.2, 0) is 4.74 Å². The summed E-state index contributed by atoms with van der Waals surface area (Å²) in [5.74, 6) is -0.553. The first-order valence-corrected chi connectivity index (χ1v) is 4.47. The molecule has 15 heavy (non-hydrogen) atoms. The van der Waals surface area contributed by atoms with Gasteiger partial charge in [0, 0.05) is 13.7 Å². The van der Waals surface area contributed by atoms with E-state index in [4.69, 9.17) is 9.84 Å². The molecule has 1 aromatic rings. The number of aromatic nitrogens is 2. The Hall–Kier alpha value is -1.69. The number of nitrogens with one attached hydrogen (secondary N) is 1. The highest BCUT2D eigenvalue weighted by atomic mass is 16.5. The van der Waals surface area contributed by atoms with Crippen molar-refractivity contribution in [3.05, 3.63) is 17.8 Å². The van der Waals surface area contributed by atoms with Crippen molar-refractivity contribution in [2.75, 3.05) is 19.0 Å². The van der Waals surface area contributed by atoms with Gasteiger partial charge < -0.3 is 15.2 Å². The molecule has 0 aliphatic carbocycles. The molecule has 0 aliphatic rings. The van der Waals surface area contributed by atoms with Crippen LogP contribution in [0.5, 0.6) is 0 Å². The standard InChI is InChI=1S/C9H13N3O3/c1-6(15-2)5-10-8-4-3-7(9(13)14)11-12-8/h3-4,6H,5H2,1-2H3,(H,10,12)(H,13,14). The molecule has 6 nitrogen and oxygen atoms in total. The van der Waals surface area contributed by atoms with Crippen LogP contribution in [0.1, 0.15) is 17.4 Å². The van der Waals surface area contributed by atoms with Crippen LogP contribution in [0, 0.1) is 0 Å². The fourth-order valence-electron chi connectivity index (χ4n) is 0.872. The third-order valence-corrected chi connectivity index (χ3v) is 1.86. The Kier molecular flexibility index (Phi) is 3.99. The molecule has 1 unspecified atom stereocenters. The quantitative estimate of drug-likeness (QED) is 0.742. The van der Waals surface area contributed by atoms with Crippen LogP contribution in [0.25, 0.3) is 0 Å². The minimum atomic E-state index is -1.08. The molecule has 82 valence electrons. The average Bonchev–Trinajstić information content (AvgIpc) is 2.26. The highest BCUT2D eigenvalue weighted by Crippen LogP contribution is 2.02. The van der Waals surface area contributed by atoms with Gasteiger partial charge in [0.1, 0.15) is 5.82 Å². The van der Waals surface area contributed by atoms with E-state index in [0.717, 1.165) is 0 Å². The summed E-state index contributed by atoms with van der Waals surface area (Å²) in [5.41, 5.74) is -0.0691. The Morgan fingerprint density at radius 3 is 2.80 bits per heavy atom. The monoisotopic (exact) mass is 211 g/mol. The van der Waals surface area contributed by atoms with Gasteiger partial charge in [-0.05, 0) is 19.1 Å². The maximum atomic E-state index is 10.5. The number of carboxylic acids is 1. The van der Waals surface area contributed by atoms with E-state index < -0.39 is 5.97 Å². The van der Waals surface area contributed by atoms with Crippen LogP contribution < -0.4 is 5.32 Å². The number of carboxylic acid groups (broad SMARTS) is 1. The first-order valence-electron chi connectivity index (χ1n) is 4.47. The summed E-state index contributed by atoms with van der Waals surface area (Å²) in [6.45, 7) is 2.50. The van der Waals surface area contributed by atoms with Crippen molar-refractivity contribution >= 4 is 11.8 Å². The molecule has 0 aliphatic heterocycles. The summed E-state index contributed by atoms with van der Waals surface area (Å²) in [5, 5.41) is 18.8. The van der Waals surface area contributed by atoms with Gasteiger partial charge in [0.05, 0.1) is 6.10 Å². The summed E-state index contributed by atoms with van der Waals surface area (Å²) in [6.07, 6.45) is 0.0611. The van der Waals surface area contributed by atoms with Crippen molar-refractivity contribution in [1.29, 1.82) is 0 Å². The summed E-state index contributed by atoms with van der Waals surface area (Å²) in [7, 11) is 1.62. The van der Waals surface area contributed by atoms with Crippen molar-refractivity contribution in [2.24, 2.45) is 0 Å². The van der Waals surface area contributed by atoms with Gasteiger partial charge in [0.2, 0.25) is 0 Å². The summed E-state index contributed by atoms with van der Waals surface area (Å²) in [6, 6.07) is 2.97. The van der Waals surface area contributed by atoms with Crippen LogP contribution >= 0.6 is 0 Å². The molecule has 1 atom stereocenters. The Morgan fingerprint density at radius 2 is 2.33 bits per heavy atom. The second kappa shape index (κ2) is 5.26. The topological polar surface area (TPSA) is 84.3 Å². The fraction of sp³-hybridized carbons (Fsp3) is 0.444. The predicted molar refractivity (Wildman–Crippen MR) is 54.0 cm³/mol. The van der Waals surface area contributed by atoms with Crippen molar-refractivity contribution in [3.63, 3.8) is 0 Å². The summed E-state index contributed by atoms with van der Waals surface area (Å²) < 4.78 is 5.03. The second-order valence-corrected chi connectivity index (χ2v) is 3.04. The van der Waals surface area contributed by atoms with E-state index in [9.17, 15) is 4.79 Å². The number of aromatic carboxylic acids is 1. The van der Waals surface area contributed by atoms with Crippen LogP contribution in [0.4, 0.5) is 5.82 Å². The highest BCUT2D eigenvalue weighted by molar-refractivity contribution is 5.85. The molecule has 0 aromatic carbocycles. The molecule has 1 aromatic heterocycles. The van der Waals surface area contributed by atoms with Gasteiger partial charge >= 0.3 is 5.97 Å². The SMILES string of the molecule is COC(C)CNc1ccc(C(=O)O)nn1. The molecule has 0 bridgehead atoms. The minimum Gasteiger partial charge on any atom is -0.476 e. The number of ether oxygens (including phenoxy) is 1. The maximum Gasteiger partial charge on any atom is 0.356 e. The third kappa shape index (κ3) is 3.51. The summed E-state index contributed by atoms with van der Waals surface area (Å²) >= 11 is 0. The zero-order chi connectivity index (χ0) is 11.3. The van der Waals surface area contributed by atoms with Gasteiger partial charge in [-0.25, -0.2) is 4.79 Å². The van der Waals surface area contributed by atoms with E-state index >= 15 is 0 Å². The molecule has 6 heteroatoms. The number of hydrogen-bond donors (Lipinski definition) is 2. The highest BCUT2D eigenvalue weighted by Gasteiger charge is 2.05. The van der Waals surface area contributed by atoms with E-state index in [1.54, 1.807) is 13.2 Å². The molecule has 0 saturated heterocycles. The molecule has 0 saturated carbocycles. The normalized spacial score (nSPS) is 12.1. The van der Waals surface area contributed by atoms with Crippen molar-refractivity contribution in [3.8, 4) is 0 Å². The Balaban J connectivity index is 2.53. The lowest BCUT2D eigenvalue weighted by atomic mass is 10.3. The number of rotatable bonds is 5. The van der Waals surface area contributed by atoms with Crippen LogP contribution in [0.15, 0.2) is 12.1 Å². The van der Waals surface area contributed by atoms with Gasteiger partial charge in [-0.2, -0.15) is 0 Å². The first kappa shape index (κ1) is 11.4. The van der Waals surface area contributed by atoms with E-state index in [2.05, 4.69) is 15.5 Å². The molecule has 1 rings (SSSR count). The maximum absolute atomic E-state index is 10.5. The van der Waals surface area contributed by atoms with Crippen LogP contribution in [-0.4, -0.2) is 41.0 Å². The largest absolute Gasteiger partial charge is 0.476 e. The number of nitrogens with zero attached hydrogens (tertiary/aromatic N) is 2. The molecule has 2 N–H and O–H groups in total. The average molecular weight is 211 g/mol. The van der Waals surface area contributed by atoms with Crippen molar-refractivity contribution in [1.82, 2.24) is 10.2 Å². The Morgan fingerprint density at radius 1 is 1.60 bits per heavy atom. The van der Waals surface area contributed by atoms with Crippen LogP contribution in [0.3, 0.4) is 0 Å². The van der Waals surface area contributed by atoms with Crippen molar-refractivity contribution < 1.29 is 14.6 Å². The molecular weight excluding hydrogens is 198 g/mol. The van der Waals surface area contributed by atoms with Crippen LogP contribution in [0.2, 0.25) is 0 Å². The fourth-order valence-corrected chi connectivity index (χ4v) is 0.872. The van der Waals surface area contributed by atoms with E-state index in [0.29, 0.717) is 12.4 Å². The molecule has 0 radical (unpaired) electrons. The molecular formula is C9H13N3O3. The van der Waals surface area contributed by atoms with E-state index in [1.165, 1.54) is 6.07 Å². The minimum absolute atomic E-state index is 0.0611. The van der Waals surface area contributed by atoms with Gasteiger partial charge in [-0.3, -0.25) is 0 Å². The van der Waals surface area contributed by atoms with Gasteiger partial charge in [0.15, 0.2) is 5.69 Å². The zero-order valence-corrected chi connectivity index (χ0v) is 8.60. The summed E-state index contributed by atoms with van der Waals surface area (Å²) in [4.78, 5) is 10.5. The Labute approximate surface area is 87.3 Å². The molecule has 1 heterocycles. The molecule has 0 amide bonds. The van der Waals surface area contributed by atoms with Gasteiger partial charge in [0.25, 0.3) is 0 Å². The first-order chi connectivity index (χ1) is 7.13. The predicted octanol–water partition coefficient (Wildman–Crippen LogP) is 0.622.